The van der Waals surface area contributed by atoms with Gasteiger partial charge in [-0.2, -0.15) is 4.37 Å². The van der Waals surface area contributed by atoms with Gasteiger partial charge < -0.3 is 10.2 Å². The molecule has 0 aliphatic carbocycles. The zero-order chi connectivity index (χ0) is 13.8. The molecular weight excluding hydrogens is 254 g/mol. The molecule has 19 heavy (non-hydrogen) atoms. The summed E-state index contributed by atoms with van der Waals surface area (Å²) in [6.07, 6.45) is 5.27. The van der Waals surface area contributed by atoms with E-state index in [1.165, 1.54) is 48.5 Å². The molecule has 2 heterocycles. The van der Waals surface area contributed by atoms with Gasteiger partial charge >= 0.3 is 0 Å². The van der Waals surface area contributed by atoms with Crippen molar-refractivity contribution in [1.29, 1.82) is 0 Å². The van der Waals surface area contributed by atoms with Crippen molar-refractivity contribution in [1.82, 2.24) is 9.69 Å². The molecule has 0 radical (unpaired) electrons. The molecule has 3 nitrogen and oxygen atoms in total. The predicted octanol–water partition coefficient (Wildman–Crippen LogP) is 3.54. The van der Waals surface area contributed by atoms with Gasteiger partial charge in [-0.05, 0) is 63.6 Å². The Morgan fingerprint density at radius 3 is 2.84 bits per heavy atom. The predicted molar refractivity (Wildman–Crippen MR) is 84.5 cm³/mol. The third kappa shape index (κ3) is 3.29. The fourth-order valence-electron chi connectivity index (χ4n) is 3.02. The number of hydrogen-bond acceptors (Lipinski definition) is 4. The van der Waals surface area contributed by atoms with Gasteiger partial charge in [0.15, 0.2) is 0 Å². The van der Waals surface area contributed by atoms with Crippen LogP contribution in [-0.2, 0) is 0 Å². The van der Waals surface area contributed by atoms with Crippen LogP contribution in [0.25, 0.3) is 0 Å². The van der Waals surface area contributed by atoms with E-state index in [0.29, 0.717) is 12.0 Å². The average Bonchev–Trinajstić information content (AvgIpc) is 2.78. The summed E-state index contributed by atoms with van der Waals surface area (Å²) in [5.74, 6) is 0.533. The Bertz CT molecular complexity index is 400. The highest BCUT2D eigenvalue weighted by atomic mass is 32.1. The zero-order valence-corrected chi connectivity index (χ0v) is 13.5. The standard InChI is InChI=1S/C15H27N3S/c1-11(2)14-12(3)15(19-17-14)18-10-6-5-7-13(18)8-9-16-4/h11,13,16H,5-10H2,1-4H3. The zero-order valence-electron chi connectivity index (χ0n) is 12.7. The van der Waals surface area contributed by atoms with Crippen molar-refractivity contribution in [2.75, 3.05) is 25.0 Å². The lowest BCUT2D eigenvalue weighted by molar-refractivity contribution is 0.435. The van der Waals surface area contributed by atoms with Crippen molar-refractivity contribution < 1.29 is 0 Å². The van der Waals surface area contributed by atoms with Crippen molar-refractivity contribution in [2.45, 2.75) is 58.4 Å². The number of nitrogens with one attached hydrogen (secondary N) is 1. The van der Waals surface area contributed by atoms with Crippen LogP contribution in [0.4, 0.5) is 5.00 Å². The summed E-state index contributed by atoms with van der Waals surface area (Å²) in [6, 6.07) is 0.695. The highest BCUT2D eigenvalue weighted by Crippen LogP contribution is 2.36. The number of piperidine rings is 1. The number of aromatic nitrogens is 1. The first-order chi connectivity index (χ1) is 9.15. The summed E-state index contributed by atoms with van der Waals surface area (Å²) in [5, 5.41) is 4.71. The van der Waals surface area contributed by atoms with E-state index >= 15 is 0 Å². The molecule has 2 rings (SSSR count). The molecule has 1 aromatic rings. The molecule has 0 saturated carbocycles. The SMILES string of the molecule is CNCCC1CCCCN1c1snc(C(C)C)c1C. The molecule has 1 aromatic heterocycles. The molecule has 108 valence electrons. The Kier molecular flexibility index (Phi) is 5.22. The number of hydrogen-bond donors (Lipinski definition) is 1. The Morgan fingerprint density at radius 1 is 1.42 bits per heavy atom. The van der Waals surface area contributed by atoms with Crippen LogP contribution in [0.1, 0.15) is 56.7 Å². The van der Waals surface area contributed by atoms with E-state index in [0.717, 1.165) is 6.54 Å². The fraction of sp³-hybridized carbons (Fsp3) is 0.800. The second-order valence-electron chi connectivity index (χ2n) is 5.89. The van der Waals surface area contributed by atoms with Gasteiger partial charge in [-0.25, -0.2) is 0 Å². The van der Waals surface area contributed by atoms with Gasteiger partial charge in [0.05, 0.1) is 5.69 Å². The van der Waals surface area contributed by atoms with E-state index in [4.69, 9.17) is 0 Å². The number of anilines is 1. The molecule has 1 saturated heterocycles. The quantitative estimate of drug-likeness (QED) is 0.894. The van der Waals surface area contributed by atoms with E-state index in [1.807, 2.05) is 7.05 Å². The average molecular weight is 281 g/mol. The molecular formula is C15H27N3S. The third-order valence-corrected chi connectivity index (χ3v) is 5.10. The lowest BCUT2D eigenvalue weighted by Gasteiger charge is -2.37. The molecule has 1 aliphatic rings. The fourth-order valence-corrected chi connectivity index (χ4v) is 4.14. The van der Waals surface area contributed by atoms with E-state index in [2.05, 4.69) is 35.4 Å². The Morgan fingerprint density at radius 2 is 2.21 bits per heavy atom. The normalized spacial score (nSPS) is 20.3. The van der Waals surface area contributed by atoms with Crippen molar-refractivity contribution in [3.05, 3.63) is 11.3 Å². The van der Waals surface area contributed by atoms with Gasteiger partial charge in [0, 0.05) is 18.2 Å². The van der Waals surface area contributed by atoms with Crippen LogP contribution in [0.2, 0.25) is 0 Å². The number of nitrogens with zero attached hydrogens (tertiary/aromatic N) is 2. The Hall–Kier alpha value is -0.610. The van der Waals surface area contributed by atoms with Gasteiger partial charge in [0.2, 0.25) is 0 Å². The van der Waals surface area contributed by atoms with Gasteiger partial charge in [-0.1, -0.05) is 13.8 Å². The molecule has 0 aromatic carbocycles. The molecule has 0 bridgehead atoms. The third-order valence-electron chi connectivity index (χ3n) is 4.10. The second-order valence-corrected chi connectivity index (χ2v) is 6.64. The molecule has 0 amide bonds. The van der Waals surface area contributed by atoms with Crippen LogP contribution in [0.15, 0.2) is 0 Å². The van der Waals surface area contributed by atoms with Crippen LogP contribution < -0.4 is 10.2 Å². The van der Waals surface area contributed by atoms with Crippen molar-refractivity contribution in [3.8, 4) is 0 Å². The highest BCUT2D eigenvalue weighted by Gasteiger charge is 2.26. The van der Waals surface area contributed by atoms with Crippen LogP contribution in [0.3, 0.4) is 0 Å². The van der Waals surface area contributed by atoms with Crippen LogP contribution in [0, 0.1) is 6.92 Å². The van der Waals surface area contributed by atoms with Crippen LogP contribution >= 0.6 is 11.5 Å². The van der Waals surface area contributed by atoms with Gasteiger partial charge in [0.25, 0.3) is 0 Å². The van der Waals surface area contributed by atoms with E-state index in [9.17, 15) is 0 Å². The van der Waals surface area contributed by atoms with Crippen molar-refractivity contribution >= 4 is 16.5 Å². The first kappa shape index (κ1) is 14.8. The summed E-state index contributed by atoms with van der Waals surface area (Å²) in [4.78, 5) is 2.62. The van der Waals surface area contributed by atoms with E-state index in [1.54, 1.807) is 11.5 Å². The summed E-state index contributed by atoms with van der Waals surface area (Å²) in [5.41, 5.74) is 2.70. The molecule has 1 N–H and O–H groups in total. The minimum absolute atomic E-state index is 0.533. The van der Waals surface area contributed by atoms with Gasteiger partial charge in [0.1, 0.15) is 5.00 Å². The van der Waals surface area contributed by atoms with E-state index < -0.39 is 0 Å². The van der Waals surface area contributed by atoms with Gasteiger partial charge in [-0.15, -0.1) is 0 Å². The minimum atomic E-state index is 0.533. The maximum atomic E-state index is 4.69. The van der Waals surface area contributed by atoms with Crippen molar-refractivity contribution in [3.63, 3.8) is 0 Å². The van der Waals surface area contributed by atoms with Gasteiger partial charge in [-0.3, -0.25) is 0 Å². The van der Waals surface area contributed by atoms with Crippen molar-refractivity contribution in [2.24, 2.45) is 0 Å². The summed E-state index contributed by atoms with van der Waals surface area (Å²) >= 11 is 1.70. The summed E-state index contributed by atoms with van der Waals surface area (Å²) in [6.45, 7) is 9.03. The summed E-state index contributed by atoms with van der Waals surface area (Å²) in [7, 11) is 2.04. The molecule has 4 heteroatoms. The van der Waals surface area contributed by atoms with Crippen LogP contribution in [-0.4, -0.2) is 30.6 Å². The smallest absolute Gasteiger partial charge is 0.115 e. The molecule has 0 spiro atoms. The lowest BCUT2D eigenvalue weighted by Crippen LogP contribution is -2.41. The Labute approximate surface area is 121 Å². The topological polar surface area (TPSA) is 28.2 Å². The minimum Gasteiger partial charge on any atom is -0.359 e. The first-order valence-corrected chi connectivity index (χ1v) is 8.30. The summed E-state index contributed by atoms with van der Waals surface area (Å²) < 4.78 is 4.69. The first-order valence-electron chi connectivity index (χ1n) is 7.52. The number of rotatable bonds is 5. The van der Waals surface area contributed by atoms with Crippen LogP contribution in [0.5, 0.6) is 0 Å². The molecule has 1 unspecified atom stereocenters. The maximum Gasteiger partial charge on any atom is 0.115 e. The second kappa shape index (κ2) is 6.71. The van der Waals surface area contributed by atoms with E-state index in [-0.39, 0.29) is 0 Å². The maximum absolute atomic E-state index is 4.69. The lowest BCUT2D eigenvalue weighted by atomic mass is 9.98. The largest absolute Gasteiger partial charge is 0.359 e. The monoisotopic (exact) mass is 281 g/mol. The molecule has 1 aliphatic heterocycles. The molecule has 1 fully saturated rings. The Balaban J connectivity index is 2.17. The highest BCUT2D eigenvalue weighted by molar-refractivity contribution is 7.10. The molecule has 1 atom stereocenters.